The Labute approximate surface area is 148 Å². The van der Waals surface area contributed by atoms with Gasteiger partial charge in [-0.05, 0) is 42.5 Å². The quantitative estimate of drug-likeness (QED) is 0.887. The number of halogens is 3. The van der Waals surface area contributed by atoms with Gasteiger partial charge < -0.3 is 10.2 Å². The Morgan fingerprint density at radius 1 is 1.12 bits per heavy atom. The fourth-order valence-electron chi connectivity index (χ4n) is 2.61. The molecule has 3 rings (SSSR count). The highest BCUT2D eigenvalue weighted by Gasteiger charge is 2.35. The zero-order valence-corrected chi connectivity index (χ0v) is 13.9. The van der Waals surface area contributed by atoms with Gasteiger partial charge in [0.05, 0.1) is 5.92 Å². The smallest absolute Gasteiger partial charge is 0.229 e. The maximum absolute atomic E-state index is 12.9. The molecule has 2 aromatic rings. The lowest BCUT2D eigenvalue weighted by Crippen LogP contribution is -2.28. The third-order valence-corrected chi connectivity index (χ3v) is 4.20. The molecule has 2 amide bonds. The molecule has 2 aromatic carbocycles. The summed E-state index contributed by atoms with van der Waals surface area (Å²) in [5.74, 6) is -1.34. The van der Waals surface area contributed by atoms with Crippen molar-refractivity contribution in [2.24, 2.45) is 5.92 Å². The van der Waals surface area contributed by atoms with Crippen LogP contribution in [0.1, 0.15) is 6.42 Å². The van der Waals surface area contributed by atoms with E-state index in [0.29, 0.717) is 21.4 Å². The van der Waals surface area contributed by atoms with E-state index in [0.717, 1.165) is 0 Å². The predicted octanol–water partition coefficient (Wildman–Crippen LogP) is 4.12. The largest absolute Gasteiger partial charge is 0.326 e. The lowest BCUT2D eigenvalue weighted by Gasteiger charge is -2.17. The number of amides is 2. The molecular formula is C17H13Cl2FN2O2. The minimum absolute atomic E-state index is 0.0944. The summed E-state index contributed by atoms with van der Waals surface area (Å²) in [6, 6.07) is 10.3. The molecule has 1 heterocycles. The van der Waals surface area contributed by atoms with Crippen LogP contribution in [0.2, 0.25) is 10.0 Å². The molecule has 4 nitrogen and oxygen atoms in total. The van der Waals surface area contributed by atoms with Gasteiger partial charge in [-0.25, -0.2) is 4.39 Å². The number of benzene rings is 2. The first kappa shape index (κ1) is 16.7. The van der Waals surface area contributed by atoms with Gasteiger partial charge in [0.25, 0.3) is 0 Å². The van der Waals surface area contributed by atoms with Crippen molar-refractivity contribution in [1.29, 1.82) is 0 Å². The van der Waals surface area contributed by atoms with Crippen LogP contribution in [0.5, 0.6) is 0 Å². The number of carbonyl (C=O) groups is 2. The van der Waals surface area contributed by atoms with E-state index in [1.165, 1.54) is 29.2 Å². The maximum atomic E-state index is 12.9. The van der Waals surface area contributed by atoms with Crippen LogP contribution in [0.3, 0.4) is 0 Å². The standard InChI is InChI=1S/C17H13Cl2FN2O2/c18-11-6-12(19)8-15(7-11)22-9-10(5-16(22)23)17(24)21-14-3-1-13(20)2-4-14/h1-4,6-8,10H,5,9H2,(H,21,24). The predicted molar refractivity (Wildman–Crippen MR) is 92.0 cm³/mol. The molecule has 0 bridgehead atoms. The molecule has 0 aromatic heterocycles. The van der Waals surface area contributed by atoms with E-state index < -0.39 is 5.92 Å². The number of anilines is 2. The SMILES string of the molecule is O=C(Nc1ccc(F)cc1)C1CC(=O)N(c2cc(Cl)cc(Cl)c2)C1. The first-order valence-corrected chi connectivity index (χ1v) is 8.01. The summed E-state index contributed by atoms with van der Waals surface area (Å²) in [6.45, 7) is 0.239. The first-order chi connectivity index (χ1) is 11.4. The van der Waals surface area contributed by atoms with Crippen LogP contribution in [0.4, 0.5) is 15.8 Å². The number of hydrogen-bond donors (Lipinski definition) is 1. The lowest BCUT2D eigenvalue weighted by molar-refractivity contribution is -0.122. The lowest BCUT2D eigenvalue weighted by atomic mass is 10.1. The van der Waals surface area contributed by atoms with E-state index in [1.807, 2.05) is 0 Å². The average molecular weight is 367 g/mol. The molecule has 0 saturated carbocycles. The molecule has 0 spiro atoms. The van der Waals surface area contributed by atoms with Gasteiger partial charge in [-0.15, -0.1) is 0 Å². The summed E-state index contributed by atoms with van der Waals surface area (Å²) >= 11 is 11.9. The summed E-state index contributed by atoms with van der Waals surface area (Å²) < 4.78 is 12.9. The molecule has 0 radical (unpaired) electrons. The van der Waals surface area contributed by atoms with Gasteiger partial charge in [-0.1, -0.05) is 23.2 Å². The molecular weight excluding hydrogens is 354 g/mol. The molecule has 1 fully saturated rings. The van der Waals surface area contributed by atoms with Crippen molar-refractivity contribution in [1.82, 2.24) is 0 Å². The molecule has 1 saturated heterocycles. The van der Waals surface area contributed by atoms with Crippen molar-refractivity contribution in [3.05, 3.63) is 58.3 Å². The maximum Gasteiger partial charge on any atom is 0.229 e. The van der Waals surface area contributed by atoms with Gasteiger partial charge >= 0.3 is 0 Å². The molecule has 124 valence electrons. The molecule has 1 aliphatic heterocycles. The number of nitrogens with one attached hydrogen (secondary N) is 1. The van der Waals surface area contributed by atoms with Gasteiger partial charge in [0.15, 0.2) is 0 Å². The van der Waals surface area contributed by atoms with Gasteiger partial charge in [-0.3, -0.25) is 9.59 Å². The van der Waals surface area contributed by atoms with Gasteiger partial charge in [0, 0.05) is 34.4 Å². The van der Waals surface area contributed by atoms with Crippen molar-refractivity contribution in [2.75, 3.05) is 16.8 Å². The summed E-state index contributed by atoms with van der Waals surface area (Å²) in [5.41, 5.74) is 1.05. The third-order valence-electron chi connectivity index (χ3n) is 3.77. The van der Waals surface area contributed by atoms with Crippen LogP contribution < -0.4 is 10.2 Å². The van der Waals surface area contributed by atoms with Crippen molar-refractivity contribution >= 4 is 46.4 Å². The van der Waals surface area contributed by atoms with E-state index in [1.54, 1.807) is 18.2 Å². The normalized spacial score (nSPS) is 17.2. The second-order valence-corrected chi connectivity index (χ2v) is 6.40. The monoisotopic (exact) mass is 366 g/mol. The summed E-state index contributed by atoms with van der Waals surface area (Å²) in [6.07, 6.45) is 0.0944. The number of carbonyl (C=O) groups excluding carboxylic acids is 2. The van der Waals surface area contributed by atoms with E-state index in [-0.39, 0.29) is 30.6 Å². The highest BCUT2D eigenvalue weighted by molar-refractivity contribution is 6.35. The Morgan fingerprint density at radius 2 is 1.75 bits per heavy atom. The molecule has 1 aliphatic rings. The number of rotatable bonds is 3. The summed E-state index contributed by atoms with van der Waals surface area (Å²) in [5, 5.41) is 3.53. The Balaban J connectivity index is 1.71. The molecule has 1 atom stereocenters. The Kier molecular flexibility index (Phi) is 4.73. The highest BCUT2D eigenvalue weighted by Crippen LogP contribution is 2.30. The second kappa shape index (κ2) is 6.79. The summed E-state index contributed by atoms with van der Waals surface area (Å²) in [4.78, 5) is 26.0. The minimum Gasteiger partial charge on any atom is -0.326 e. The molecule has 1 N–H and O–H groups in total. The number of hydrogen-bond acceptors (Lipinski definition) is 2. The van der Waals surface area contributed by atoms with Crippen molar-refractivity contribution in [3.8, 4) is 0 Å². The zero-order valence-electron chi connectivity index (χ0n) is 12.4. The number of nitrogens with zero attached hydrogens (tertiary/aromatic N) is 1. The van der Waals surface area contributed by atoms with Gasteiger partial charge in [0.2, 0.25) is 11.8 Å². The van der Waals surface area contributed by atoms with Crippen LogP contribution in [0.25, 0.3) is 0 Å². The van der Waals surface area contributed by atoms with E-state index in [2.05, 4.69) is 5.32 Å². The van der Waals surface area contributed by atoms with Crippen LogP contribution in [0.15, 0.2) is 42.5 Å². The topological polar surface area (TPSA) is 49.4 Å². The molecule has 24 heavy (non-hydrogen) atoms. The minimum atomic E-state index is -0.500. The van der Waals surface area contributed by atoms with Crippen LogP contribution >= 0.6 is 23.2 Å². The summed E-state index contributed by atoms with van der Waals surface area (Å²) in [7, 11) is 0. The molecule has 0 aliphatic carbocycles. The van der Waals surface area contributed by atoms with Crippen molar-refractivity contribution in [3.63, 3.8) is 0 Å². The van der Waals surface area contributed by atoms with E-state index in [9.17, 15) is 14.0 Å². The van der Waals surface area contributed by atoms with Crippen LogP contribution in [-0.2, 0) is 9.59 Å². The van der Waals surface area contributed by atoms with Gasteiger partial charge in [0.1, 0.15) is 5.82 Å². The Morgan fingerprint density at radius 3 is 2.38 bits per heavy atom. The average Bonchev–Trinajstić information content (AvgIpc) is 2.91. The van der Waals surface area contributed by atoms with Crippen molar-refractivity contribution in [2.45, 2.75) is 6.42 Å². The van der Waals surface area contributed by atoms with Crippen LogP contribution in [0, 0.1) is 11.7 Å². The zero-order chi connectivity index (χ0) is 17.3. The first-order valence-electron chi connectivity index (χ1n) is 7.25. The molecule has 1 unspecified atom stereocenters. The fourth-order valence-corrected chi connectivity index (χ4v) is 3.12. The van der Waals surface area contributed by atoms with E-state index in [4.69, 9.17) is 23.2 Å². The van der Waals surface area contributed by atoms with Crippen molar-refractivity contribution < 1.29 is 14.0 Å². The van der Waals surface area contributed by atoms with E-state index >= 15 is 0 Å². The van der Waals surface area contributed by atoms with Gasteiger partial charge in [-0.2, -0.15) is 0 Å². The Hall–Kier alpha value is -2.11. The van der Waals surface area contributed by atoms with Crippen LogP contribution in [-0.4, -0.2) is 18.4 Å². The second-order valence-electron chi connectivity index (χ2n) is 5.53. The Bertz CT molecular complexity index is 775. The fraction of sp³-hybridized carbons (Fsp3) is 0.176. The highest BCUT2D eigenvalue weighted by atomic mass is 35.5. The molecule has 7 heteroatoms. The third kappa shape index (κ3) is 3.68.